The van der Waals surface area contributed by atoms with E-state index in [4.69, 9.17) is 0 Å². The summed E-state index contributed by atoms with van der Waals surface area (Å²) in [5.74, 6) is 0. The van der Waals surface area contributed by atoms with Crippen molar-refractivity contribution in [1.82, 2.24) is 0 Å². The quantitative estimate of drug-likeness (QED) is 0.366. The van der Waals surface area contributed by atoms with Crippen LogP contribution >= 0.6 is 0 Å². The van der Waals surface area contributed by atoms with Crippen molar-refractivity contribution in [3.05, 3.63) is 48.7 Å². The number of likely N-dealkylation sites (N-methyl/N-ethyl adjacent to an activating group) is 1. The topological polar surface area (TPSA) is 0 Å². The van der Waals surface area contributed by atoms with Crippen molar-refractivity contribution < 1.29 is 9.19 Å². The maximum atomic E-state index is 13.9. The van der Waals surface area contributed by atoms with Crippen LogP contribution in [0.25, 0.3) is 0 Å². The lowest BCUT2D eigenvalue weighted by molar-refractivity contribution is -1.00. The Morgan fingerprint density at radius 2 is 1.88 bits per heavy atom. The van der Waals surface area contributed by atoms with Gasteiger partial charge < -0.3 is 0 Å². The predicted octanol–water partition coefficient (Wildman–Crippen LogP) is 4.57. The molecule has 0 aromatic carbocycles. The molecule has 0 saturated heterocycles. The SMILES string of the molecule is C=CC[N+](C)(F)C(=C)/C(C)=C/C=C\C.CC. The third-order valence-electron chi connectivity index (χ3n) is 2.03. The summed E-state index contributed by atoms with van der Waals surface area (Å²) in [6.07, 6.45) is 7.16. The molecule has 1 atom stereocenters. The molecule has 0 rings (SSSR count). The van der Waals surface area contributed by atoms with Crippen LogP contribution in [0.5, 0.6) is 0 Å². The Bertz CT molecular complexity index is 272. The Kier molecular flexibility index (Phi) is 9.82. The Morgan fingerprint density at radius 3 is 2.25 bits per heavy atom. The predicted molar refractivity (Wildman–Crippen MR) is 71.4 cm³/mol. The molecule has 0 aliphatic heterocycles. The summed E-state index contributed by atoms with van der Waals surface area (Å²) >= 11 is 0. The van der Waals surface area contributed by atoms with E-state index >= 15 is 0 Å². The lowest BCUT2D eigenvalue weighted by atomic mass is 10.2. The lowest BCUT2D eigenvalue weighted by Gasteiger charge is -2.21. The van der Waals surface area contributed by atoms with E-state index in [-0.39, 0.29) is 6.54 Å². The summed E-state index contributed by atoms with van der Waals surface area (Å²) in [4.78, 5) is 0. The van der Waals surface area contributed by atoms with Crippen LogP contribution in [0.2, 0.25) is 0 Å². The normalized spacial score (nSPS) is 15.0. The maximum absolute atomic E-state index is 13.9. The average Bonchev–Trinajstić information content (AvgIpc) is 2.27. The fourth-order valence-corrected chi connectivity index (χ4v) is 1.06. The molecule has 0 aromatic rings. The van der Waals surface area contributed by atoms with E-state index in [1.807, 2.05) is 45.9 Å². The second-order valence-electron chi connectivity index (χ2n) is 3.36. The monoisotopic (exact) mass is 226 g/mol. The molecule has 1 nitrogen and oxygen atoms in total. The highest BCUT2D eigenvalue weighted by Crippen LogP contribution is 2.21. The van der Waals surface area contributed by atoms with Gasteiger partial charge in [0.1, 0.15) is 13.6 Å². The standard InChI is InChI=1S/C12H19FN.C2H6/c1-6-8-9-11(3)12(4)14(5,13)10-7-2;1-2/h6-9H,2,4,10H2,1,3,5H3;1-2H3/q+1;/b8-6-,11-9+;. The van der Waals surface area contributed by atoms with E-state index in [0.29, 0.717) is 5.70 Å². The third-order valence-corrected chi connectivity index (χ3v) is 2.03. The Labute approximate surface area is 99.8 Å². The van der Waals surface area contributed by atoms with Gasteiger partial charge in [-0.15, -0.1) is 0 Å². The van der Waals surface area contributed by atoms with Crippen molar-refractivity contribution in [1.29, 1.82) is 0 Å². The molecular formula is C14H25FN+. The van der Waals surface area contributed by atoms with Crippen LogP contribution in [-0.4, -0.2) is 18.3 Å². The van der Waals surface area contributed by atoms with Crippen LogP contribution in [0.4, 0.5) is 4.48 Å². The number of allylic oxidation sites excluding steroid dienone is 4. The van der Waals surface area contributed by atoms with E-state index in [1.165, 1.54) is 7.05 Å². The van der Waals surface area contributed by atoms with Gasteiger partial charge in [0.25, 0.3) is 0 Å². The largest absolute Gasteiger partial charge is 0.166 e. The molecule has 0 heterocycles. The maximum Gasteiger partial charge on any atom is 0.166 e. The van der Waals surface area contributed by atoms with Crippen LogP contribution in [0, 0.1) is 0 Å². The highest BCUT2D eigenvalue weighted by atomic mass is 19.2. The molecule has 0 saturated carbocycles. The molecule has 0 N–H and O–H groups in total. The molecule has 16 heavy (non-hydrogen) atoms. The minimum Gasteiger partial charge on any atom is -0.0975 e. The van der Waals surface area contributed by atoms with Gasteiger partial charge in [-0.3, -0.25) is 0 Å². The molecule has 0 amide bonds. The second kappa shape index (κ2) is 9.10. The summed E-state index contributed by atoms with van der Waals surface area (Å²) < 4.78 is 13.1. The van der Waals surface area contributed by atoms with Crippen molar-refractivity contribution in [2.24, 2.45) is 0 Å². The molecule has 0 spiro atoms. The molecule has 0 bridgehead atoms. The smallest absolute Gasteiger partial charge is 0.0975 e. The molecule has 0 aliphatic carbocycles. The number of rotatable bonds is 5. The molecule has 0 aromatic heterocycles. The van der Waals surface area contributed by atoms with Crippen molar-refractivity contribution in [2.75, 3.05) is 13.6 Å². The fraction of sp³-hybridized carbons (Fsp3) is 0.429. The minimum absolute atomic E-state index is 0.236. The first-order valence-electron chi connectivity index (χ1n) is 5.61. The Morgan fingerprint density at radius 1 is 1.38 bits per heavy atom. The average molecular weight is 226 g/mol. The van der Waals surface area contributed by atoms with Crippen LogP contribution < -0.4 is 0 Å². The minimum atomic E-state index is -0.733. The summed E-state index contributed by atoms with van der Waals surface area (Å²) in [5.41, 5.74) is 1.30. The number of hydrogen-bond acceptors (Lipinski definition) is 0. The van der Waals surface area contributed by atoms with Gasteiger partial charge in [-0.2, -0.15) is 0 Å². The van der Waals surface area contributed by atoms with E-state index < -0.39 is 4.71 Å². The van der Waals surface area contributed by atoms with Crippen molar-refractivity contribution in [3.63, 3.8) is 0 Å². The van der Waals surface area contributed by atoms with Crippen LogP contribution in [0.15, 0.2) is 48.7 Å². The summed E-state index contributed by atoms with van der Waals surface area (Å²) in [5, 5.41) is 0. The summed E-state index contributed by atoms with van der Waals surface area (Å²) in [6.45, 7) is 15.3. The molecule has 92 valence electrons. The van der Waals surface area contributed by atoms with Gasteiger partial charge in [-0.05, 0) is 26.5 Å². The summed E-state index contributed by atoms with van der Waals surface area (Å²) in [6, 6.07) is 0. The first-order valence-corrected chi connectivity index (χ1v) is 5.61. The van der Waals surface area contributed by atoms with Gasteiger partial charge in [0.2, 0.25) is 0 Å². The molecule has 1 unspecified atom stereocenters. The van der Waals surface area contributed by atoms with Crippen molar-refractivity contribution in [2.45, 2.75) is 27.7 Å². The molecular weight excluding hydrogens is 201 g/mol. The van der Waals surface area contributed by atoms with Gasteiger partial charge in [0.05, 0.1) is 0 Å². The van der Waals surface area contributed by atoms with Crippen molar-refractivity contribution in [3.8, 4) is 0 Å². The number of quaternary nitrogens is 1. The zero-order valence-corrected chi connectivity index (χ0v) is 11.3. The van der Waals surface area contributed by atoms with Crippen molar-refractivity contribution >= 4 is 0 Å². The number of nitrogens with zero attached hydrogens (tertiary/aromatic N) is 1. The summed E-state index contributed by atoms with van der Waals surface area (Å²) in [7, 11) is 1.47. The van der Waals surface area contributed by atoms with Crippen LogP contribution in [-0.2, 0) is 0 Å². The van der Waals surface area contributed by atoms with E-state index in [1.54, 1.807) is 6.08 Å². The van der Waals surface area contributed by atoms with Gasteiger partial charge in [-0.1, -0.05) is 43.4 Å². The van der Waals surface area contributed by atoms with E-state index in [9.17, 15) is 4.48 Å². The molecule has 0 aliphatic rings. The lowest BCUT2D eigenvalue weighted by Crippen LogP contribution is -2.33. The third kappa shape index (κ3) is 6.36. The first kappa shape index (κ1) is 17.3. The number of halogens is 1. The Balaban J connectivity index is 0. The van der Waals surface area contributed by atoms with Crippen LogP contribution in [0.1, 0.15) is 27.7 Å². The highest BCUT2D eigenvalue weighted by Gasteiger charge is 2.26. The van der Waals surface area contributed by atoms with Gasteiger partial charge in [0, 0.05) is 10.1 Å². The Hall–Kier alpha value is -1.15. The van der Waals surface area contributed by atoms with Gasteiger partial charge >= 0.3 is 0 Å². The molecule has 0 radical (unpaired) electrons. The van der Waals surface area contributed by atoms with E-state index in [2.05, 4.69) is 13.2 Å². The zero-order chi connectivity index (χ0) is 13.2. The van der Waals surface area contributed by atoms with Crippen LogP contribution in [0.3, 0.4) is 0 Å². The van der Waals surface area contributed by atoms with Gasteiger partial charge in [-0.25, -0.2) is 0 Å². The molecule has 2 heteroatoms. The second-order valence-corrected chi connectivity index (χ2v) is 3.36. The number of hydrogen-bond donors (Lipinski definition) is 0. The molecule has 0 fully saturated rings. The van der Waals surface area contributed by atoms with E-state index in [0.717, 1.165) is 5.57 Å². The fourth-order valence-electron chi connectivity index (χ4n) is 1.06. The zero-order valence-electron chi connectivity index (χ0n) is 11.3. The first-order chi connectivity index (χ1) is 7.45. The van der Waals surface area contributed by atoms with Gasteiger partial charge in [0.15, 0.2) is 5.70 Å². The highest BCUT2D eigenvalue weighted by molar-refractivity contribution is 5.24.